The molecule has 0 saturated heterocycles. The van der Waals surface area contributed by atoms with Crippen LogP contribution in [0, 0.1) is 0 Å². The van der Waals surface area contributed by atoms with Crippen LogP contribution in [-0.4, -0.2) is 50.9 Å². The van der Waals surface area contributed by atoms with Crippen LogP contribution in [0.25, 0.3) is 33.1 Å². The number of sulfonamides is 1. The number of aromatic amines is 1. The van der Waals surface area contributed by atoms with Crippen LogP contribution in [-0.2, 0) is 21.4 Å². The maximum absolute atomic E-state index is 13.2. The molecule has 3 heterocycles. The Morgan fingerprint density at radius 2 is 1.89 bits per heavy atom. The molecule has 2 aromatic carbocycles. The van der Waals surface area contributed by atoms with E-state index in [1.807, 2.05) is 54.6 Å². The fourth-order valence-corrected chi connectivity index (χ4v) is 6.49. The number of hydrogen-bond acceptors (Lipinski definition) is 7. The third-order valence-corrected chi connectivity index (χ3v) is 9.13. The molecule has 0 spiro atoms. The Morgan fingerprint density at radius 3 is 2.68 bits per heavy atom. The first-order chi connectivity index (χ1) is 17.9. The Hall–Kier alpha value is -4.10. The molecule has 188 valence electrons. The molecule has 0 bridgehead atoms. The quantitative estimate of drug-likeness (QED) is 0.158. The number of aromatic nitrogens is 4. The monoisotopic (exact) mass is 534 g/mol. The molecular formula is C25H22N6O4S2. The van der Waals surface area contributed by atoms with Crippen molar-refractivity contribution in [3.8, 4) is 10.4 Å². The lowest BCUT2D eigenvalue weighted by atomic mass is 10.1. The number of carbonyl (C=O) groups excluding carboxylic acids is 1. The van der Waals surface area contributed by atoms with E-state index in [1.54, 1.807) is 29.9 Å². The number of rotatable bonds is 8. The van der Waals surface area contributed by atoms with Crippen molar-refractivity contribution in [2.45, 2.75) is 10.8 Å². The van der Waals surface area contributed by atoms with Gasteiger partial charge in [0.25, 0.3) is 15.9 Å². The molecule has 0 aliphatic carbocycles. The van der Waals surface area contributed by atoms with Gasteiger partial charge in [0.05, 0.1) is 18.4 Å². The minimum atomic E-state index is -3.78. The summed E-state index contributed by atoms with van der Waals surface area (Å²) >= 11 is 1.19. The number of nitrogens with zero attached hydrogens (tertiary/aromatic N) is 4. The summed E-state index contributed by atoms with van der Waals surface area (Å²) in [6.45, 7) is -0.0674. The van der Waals surface area contributed by atoms with Gasteiger partial charge in [-0.25, -0.2) is 18.6 Å². The van der Waals surface area contributed by atoms with Crippen molar-refractivity contribution < 1.29 is 18.4 Å². The predicted molar refractivity (Wildman–Crippen MR) is 141 cm³/mol. The summed E-state index contributed by atoms with van der Waals surface area (Å²) in [5.41, 5.74) is 4.48. The molecule has 3 N–H and O–H groups in total. The molecule has 0 radical (unpaired) electrons. The van der Waals surface area contributed by atoms with Crippen LogP contribution >= 0.6 is 11.3 Å². The number of hydroxylamine groups is 1. The lowest BCUT2D eigenvalue weighted by molar-refractivity contribution is -0.123. The van der Waals surface area contributed by atoms with E-state index in [0.717, 1.165) is 21.3 Å². The average molecular weight is 535 g/mol. The van der Waals surface area contributed by atoms with Gasteiger partial charge in [0.15, 0.2) is 0 Å². The number of amides is 1. The smallest absolute Gasteiger partial charge is 0.293 e. The topological polar surface area (TPSA) is 133 Å². The fourth-order valence-electron chi connectivity index (χ4n) is 3.83. The highest BCUT2D eigenvalue weighted by molar-refractivity contribution is 7.91. The van der Waals surface area contributed by atoms with Crippen molar-refractivity contribution in [3.63, 3.8) is 0 Å². The van der Waals surface area contributed by atoms with Crippen molar-refractivity contribution in [2.24, 2.45) is 0 Å². The Kier molecular flexibility index (Phi) is 6.72. The second kappa shape index (κ2) is 10.1. The average Bonchev–Trinajstić information content (AvgIpc) is 3.68. The molecule has 37 heavy (non-hydrogen) atoms. The van der Waals surface area contributed by atoms with E-state index in [1.165, 1.54) is 33.6 Å². The summed E-state index contributed by atoms with van der Waals surface area (Å²) in [4.78, 5) is 16.4. The van der Waals surface area contributed by atoms with Crippen molar-refractivity contribution >= 4 is 49.9 Å². The van der Waals surface area contributed by atoms with Gasteiger partial charge in [0.2, 0.25) is 0 Å². The highest BCUT2D eigenvalue weighted by Crippen LogP contribution is 2.32. The molecule has 0 saturated carbocycles. The van der Waals surface area contributed by atoms with E-state index in [2.05, 4.69) is 15.3 Å². The number of H-pyrrole nitrogens is 1. The number of fused-ring (bicyclic) bond motifs is 1. The Labute approximate surface area is 216 Å². The molecular weight excluding hydrogens is 512 g/mol. The number of para-hydroxylation sites is 1. The molecule has 0 unspecified atom stereocenters. The molecule has 0 aliphatic rings. The van der Waals surface area contributed by atoms with Gasteiger partial charge in [0.1, 0.15) is 9.91 Å². The summed E-state index contributed by atoms with van der Waals surface area (Å²) in [6, 6.07) is 20.5. The number of hydrogen-bond donors (Lipinski definition) is 3. The molecule has 0 aliphatic heterocycles. The van der Waals surface area contributed by atoms with Gasteiger partial charge in [-0.3, -0.25) is 10.0 Å². The van der Waals surface area contributed by atoms with Crippen LogP contribution in [0.4, 0.5) is 0 Å². The molecule has 10 nitrogen and oxygen atoms in total. The molecule has 5 aromatic rings. The van der Waals surface area contributed by atoms with E-state index in [9.17, 15) is 18.4 Å². The summed E-state index contributed by atoms with van der Waals surface area (Å²) < 4.78 is 28.9. The Bertz CT molecular complexity index is 1700. The van der Waals surface area contributed by atoms with Crippen molar-refractivity contribution in [1.29, 1.82) is 0 Å². The zero-order chi connectivity index (χ0) is 26.0. The zero-order valence-corrected chi connectivity index (χ0v) is 21.2. The van der Waals surface area contributed by atoms with Crippen LogP contribution in [0.5, 0.6) is 0 Å². The minimum Gasteiger partial charge on any atom is -0.361 e. The van der Waals surface area contributed by atoms with Crippen molar-refractivity contribution in [1.82, 2.24) is 29.8 Å². The maximum atomic E-state index is 13.2. The lowest BCUT2D eigenvalue weighted by Crippen LogP contribution is -2.26. The maximum Gasteiger partial charge on any atom is 0.293 e. The van der Waals surface area contributed by atoms with E-state index in [-0.39, 0.29) is 16.5 Å². The first-order valence-electron chi connectivity index (χ1n) is 11.1. The summed E-state index contributed by atoms with van der Waals surface area (Å²) in [5.74, 6) is -0.797. The van der Waals surface area contributed by atoms with E-state index < -0.39 is 15.9 Å². The number of nitrogens with one attached hydrogen (secondary N) is 2. The Morgan fingerprint density at radius 1 is 1.14 bits per heavy atom. The minimum absolute atomic E-state index is 0.00210. The first-order valence-corrected chi connectivity index (χ1v) is 13.4. The van der Waals surface area contributed by atoms with Crippen LogP contribution in [0.2, 0.25) is 0 Å². The van der Waals surface area contributed by atoms with Gasteiger partial charge in [-0.2, -0.15) is 4.31 Å². The molecule has 12 heteroatoms. The highest BCUT2D eigenvalue weighted by atomic mass is 32.2. The van der Waals surface area contributed by atoms with Gasteiger partial charge >= 0.3 is 0 Å². The predicted octanol–water partition coefficient (Wildman–Crippen LogP) is 3.81. The van der Waals surface area contributed by atoms with Gasteiger partial charge in [0, 0.05) is 34.6 Å². The fraction of sp³-hybridized carbons (Fsp3) is 0.0800. The van der Waals surface area contributed by atoms with Gasteiger partial charge in [-0.15, -0.1) is 16.4 Å². The van der Waals surface area contributed by atoms with E-state index in [4.69, 9.17) is 0 Å². The molecule has 0 atom stereocenters. The van der Waals surface area contributed by atoms with Crippen LogP contribution in [0.3, 0.4) is 0 Å². The number of benzene rings is 2. The zero-order valence-electron chi connectivity index (χ0n) is 19.6. The first kappa shape index (κ1) is 24.6. The third kappa shape index (κ3) is 4.95. The normalized spacial score (nSPS) is 12.4. The van der Waals surface area contributed by atoms with Crippen LogP contribution in [0.15, 0.2) is 83.3 Å². The van der Waals surface area contributed by atoms with Crippen molar-refractivity contribution in [3.05, 3.63) is 90.4 Å². The standard InChI is InChI=1S/C25H22N6O4S2/c1-30(37(34,35)24-12-11-23(36-24)17-7-3-2-4-8-17)15-19-16-31(29-27-19)22(25(32)28-33)13-18-14-26-21-10-6-5-9-20(18)21/h2-14,16,26,33H,15H2,1H3,(H,28,32). The molecule has 1 amide bonds. The van der Waals surface area contributed by atoms with E-state index in [0.29, 0.717) is 11.3 Å². The lowest BCUT2D eigenvalue weighted by Gasteiger charge is -2.14. The Balaban J connectivity index is 1.39. The molecule has 0 fully saturated rings. The number of thiophene rings is 1. The van der Waals surface area contributed by atoms with Crippen LogP contribution < -0.4 is 5.48 Å². The largest absolute Gasteiger partial charge is 0.361 e. The molecule has 3 aromatic heterocycles. The molecule has 5 rings (SSSR count). The third-order valence-electron chi connectivity index (χ3n) is 5.72. The van der Waals surface area contributed by atoms with Crippen molar-refractivity contribution in [2.75, 3.05) is 7.05 Å². The highest BCUT2D eigenvalue weighted by Gasteiger charge is 2.25. The second-order valence-electron chi connectivity index (χ2n) is 8.16. The number of carbonyl (C=O) groups is 1. The summed E-state index contributed by atoms with van der Waals surface area (Å²) in [5, 5.41) is 18.2. The summed E-state index contributed by atoms with van der Waals surface area (Å²) in [7, 11) is -2.33. The van der Waals surface area contributed by atoms with Gasteiger partial charge in [-0.1, -0.05) is 53.7 Å². The van der Waals surface area contributed by atoms with E-state index >= 15 is 0 Å². The SMILES string of the molecule is CN(Cc1cn(C(=Cc2c[nH]c3ccccc23)C(=O)NO)nn1)S(=O)(=O)c1ccc(-c2ccccc2)s1. The second-order valence-corrected chi connectivity index (χ2v) is 11.5. The van der Waals surface area contributed by atoms with Gasteiger partial charge < -0.3 is 4.98 Å². The summed E-state index contributed by atoms with van der Waals surface area (Å²) in [6.07, 6.45) is 4.74. The van der Waals surface area contributed by atoms with Gasteiger partial charge in [-0.05, 0) is 29.8 Å². The van der Waals surface area contributed by atoms with Crippen LogP contribution in [0.1, 0.15) is 11.3 Å².